The van der Waals surface area contributed by atoms with Crippen LogP contribution in [0.25, 0.3) is 0 Å². The third kappa shape index (κ3) is 5.01. The second-order valence-electron chi connectivity index (χ2n) is 15.8. The van der Waals surface area contributed by atoms with Gasteiger partial charge in [-0.3, -0.25) is 14.1 Å². The topological polar surface area (TPSA) is 106 Å². The van der Waals surface area contributed by atoms with E-state index in [-0.39, 0.29) is 51.6 Å². The summed E-state index contributed by atoms with van der Waals surface area (Å²) in [5, 5.41) is 0. The summed E-state index contributed by atoms with van der Waals surface area (Å²) in [5.41, 5.74) is 2.80. The number of Topliss-reactive ketones (excluding diaryl/α,β-unsaturated/α-hetero) is 2. The number of ketones is 2. The van der Waals surface area contributed by atoms with Crippen LogP contribution < -0.4 is 0 Å². The lowest BCUT2D eigenvalue weighted by Crippen LogP contribution is -2.44. The molecule has 6 aliphatic rings. The molecule has 0 spiro atoms. The highest BCUT2D eigenvalue weighted by Gasteiger charge is 2.50. The fourth-order valence-electron chi connectivity index (χ4n) is 11.0. The molecular formula is C36H46O6S. The number of allylic oxidation sites excluding steroid dienone is 2. The predicted molar refractivity (Wildman–Crippen MR) is 163 cm³/mol. The minimum atomic E-state index is -4.61. The van der Waals surface area contributed by atoms with Crippen LogP contribution in [-0.2, 0) is 35.3 Å². The minimum absolute atomic E-state index is 0.0373. The molecule has 1 aromatic rings. The smallest absolute Gasteiger partial charge is 0.295 e. The molecule has 5 saturated carbocycles. The van der Waals surface area contributed by atoms with Gasteiger partial charge in [-0.1, -0.05) is 44.1 Å². The van der Waals surface area contributed by atoms with Crippen molar-refractivity contribution in [3.05, 3.63) is 40.5 Å². The highest BCUT2D eigenvalue weighted by Crippen LogP contribution is 2.56. The number of carbonyl (C=O) groups excluding carboxylic acids is 3. The molecule has 7 heteroatoms. The van der Waals surface area contributed by atoms with Gasteiger partial charge in [-0.05, 0) is 117 Å². The Balaban J connectivity index is 1.43. The van der Waals surface area contributed by atoms with Gasteiger partial charge in [0.2, 0.25) is 0 Å². The second-order valence-corrected chi connectivity index (χ2v) is 17.1. The maximum absolute atomic E-state index is 13.6. The number of hydrogen-bond acceptors (Lipinski definition) is 5. The van der Waals surface area contributed by atoms with Crippen molar-refractivity contribution in [1.82, 2.24) is 0 Å². The fraction of sp³-hybridized carbons (Fsp3) is 0.694. The van der Waals surface area contributed by atoms with Gasteiger partial charge in [0.25, 0.3) is 10.1 Å². The monoisotopic (exact) mass is 606 g/mol. The Kier molecular flexibility index (Phi) is 7.20. The molecule has 1 N–H and O–H groups in total. The molecule has 6 nitrogen and oxygen atoms in total. The Labute approximate surface area is 256 Å². The fourth-order valence-corrected chi connectivity index (χ4v) is 12.1. The van der Waals surface area contributed by atoms with Crippen LogP contribution in [0.3, 0.4) is 0 Å². The second kappa shape index (κ2) is 10.5. The van der Waals surface area contributed by atoms with Crippen LogP contribution in [0.1, 0.15) is 126 Å². The first-order chi connectivity index (χ1) is 20.4. The predicted octanol–water partition coefficient (Wildman–Crippen LogP) is 7.04. The average molecular weight is 607 g/mol. The van der Waals surface area contributed by atoms with E-state index in [1.165, 1.54) is 5.57 Å². The first kappa shape index (κ1) is 29.6. The maximum Gasteiger partial charge on any atom is 0.295 e. The molecule has 7 rings (SSSR count). The van der Waals surface area contributed by atoms with E-state index >= 15 is 0 Å². The van der Waals surface area contributed by atoms with Gasteiger partial charge in [0, 0.05) is 35.0 Å². The van der Waals surface area contributed by atoms with Crippen LogP contribution in [0.4, 0.5) is 0 Å². The van der Waals surface area contributed by atoms with Gasteiger partial charge in [-0.25, -0.2) is 0 Å². The standard InChI is InChI=1S/C36H46O6S/c1-21-9-23-11-27(13-28(12-23)32(21)38)30-14-29(35(2)18-25-6-3-7-26(19-35)33(25)39)15-31(34(30)43(40,41)42)36-8-4-5-22(16-36)10-24(17-36)20-37/h10,14-15,20-21,23-28H,3-9,11-13,16-19H2,1-2H3,(H,40,41,42). The van der Waals surface area contributed by atoms with Gasteiger partial charge in [0.15, 0.2) is 0 Å². The van der Waals surface area contributed by atoms with E-state index in [9.17, 15) is 27.4 Å². The molecule has 0 heterocycles. The molecule has 8 atom stereocenters. The van der Waals surface area contributed by atoms with E-state index in [1.54, 1.807) is 0 Å². The van der Waals surface area contributed by atoms with E-state index in [0.717, 1.165) is 82.5 Å². The third-order valence-electron chi connectivity index (χ3n) is 12.7. The van der Waals surface area contributed by atoms with Crippen molar-refractivity contribution in [2.45, 2.75) is 125 Å². The number of fused-ring (bicyclic) bond motifs is 6. The molecule has 0 aromatic heterocycles. The van der Waals surface area contributed by atoms with Gasteiger partial charge in [0.05, 0.1) is 0 Å². The Hall–Kier alpha value is -2.12. The first-order valence-electron chi connectivity index (χ1n) is 16.8. The van der Waals surface area contributed by atoms with Gasteiger partial charge in [-0.15, -0.1) is 0 Å². The van der Waals surface area contributed by atoms with Crippen molar-refractivity contribution < 1.29 is 27.4 Å². The van der Waals surface area contributed by atoms with E-state index in [2.05, 4.69) is 25.1 Å². The minimum Gasteiger partial charge on any atom is -0.303 e. The number of aldehydes is 1. The van der Waals surface area contributed by atoms with E-state index in [4.69, 9.17) is 0 Å². The van der Waals surface area contributed by atoms with Gasteiger partial charge >= 0.3 is 0 Å². The Bertz CT molecular complexity index is 1490. The zero-order chi connectivity index (χ0) is 30.3. The number of rotatable bonds is 5. The molecule has 6 bridgehead atoms. The molecule has 8 unspecified atom stereocenters. The molecule has 0 aliphatic heterocycles. The normalized spacial score (nSPS) is 41.0. The molecule has 0 radical (unpaired) electrons. The third-order valence-corrected chi connectivity index (χ3v) is 13.7. The summed E-state index contributed by atoms with van der Waals surface area (Å²) < 4.78 is 38.2. The molecule has 1 aromatic carbocycles. The molecule has 0 saturated heterocycles. The number of benzene rings is 1. The highest BCUT2D eigenvalue weighted by atomic mass is 32.2. The SMILES string of the molecule is CC1CC2CC(CC(c3cc(C4(C)CC5CCCC(C4)C5=O)cc(C45CCCC(=CC(C=O)C4)C5)c3S(=O)(=O)O)C2)C1=O. The summed E-state index contributed by atoms with van der Waals surface area (Å²) in [6.45, 7) is 4.27. The number of carbonyl (C=O) groups is 3. The van der Waals surface area contributed by atoms with Crippen molar-refractivity contribution in [2.75, 3.05) is 0 Å². The molecule has 6 aliphatic carbocycles. The summed E-state index contributed by atoms with van der Waals surface area (Å²) in [4.78, 5) is 38.5. The lowest BCUT2D eigenvalue weighted by atomic mass is 9.56. The molecule has 43 heavy (non-hydrogen) atoms. The Morgan fingerprint density at radius 3 is 2.33 bits per heavy atom. The summed E-state index contributed by atoms with van der Waals surface area (Å²) >= 11 is 0. The van der Waals surface area contributed by atoms with Crippen molar-refractivity contribution in [3.8, 4) is 0 Å². The van der Waals surface area contributed by atoms with Crippen LogP contribution >= 0.6 is 0 Å². The zero-order valence-corrected chi connectivity index (χ0v) is 26.5. The molecule has 0 amide bonds. The first-order valence-corrected chi connectivity index (χ1v) is 18.2. The Morgan fingerprint density at radius 1 is 0.907 bits per heavy atom. The van der Waals surface area contributed by atoms with Crippen LogP contribution in [0.5, 0.6) is 0 Å². The van der Waals surface area contributed by atoms with Crippen molar-refractivity contribution in [3.63, 3.8) is 0 Å². The molecular weight excluding hydrogens is 560 g/mol. The lowest BCUT2D eigenvalue weighted by Gasteiger charge is -2.48. The van der Waals surface area contributed by atoms with Crippen molar-refractivity contribution in [2.24, 2.45) is 35.5 Å². The molecule has 232 valence electrons. The van der Waals surface area contributed by atoms with Crippen LogP contribution in [-0.4, -0.2) is 30.8 Å². The summed E-state index contributed by atoms with van der Waals surface area (Å²) in [7, 11) is -4.61. The van der Waals surface area contributed by atoms with Crippen LogP contribution in [0, 0.1) is 35.5 Å². The Morgan fingerprint density at radius 2 is 1.63 bits per heavy atom. The van der Waals surface area contributed by atoms with E-state index in [0.29, 0.717) is 42.1 Å². The van der Waals surface area contributed by atoms with E-state index in [1.807, 2.05) is 6.92 Å². The van der Waals surface area contributed by atoms with Crippen LogP contribution in [0.15, 0.2) is 28.7 Å². The van der Waals surface area contributed by atoms with Gasteiger partial charge in [0.1, 0.15) is 22.7 Å². The molecule has 5 fully saturated rings. The summed E-state index contributed by atoms with van der Waals surface area (Å²) in [6.07, 6.45) is 14.5. The van der Waals surface area contributed by atoms with E-state index < -0.39 is 15.5 Å². The van der Waals surface area contributed by atoms with Gasteiger partial charge < -0.3 is 4.79 Å². The van der Waals surface area contributed by atoms with Gasteiger partial charge in [-0.2, -0.15) is 8.42 Å². The average Bonchev–Trinajstić information content (AvgIpc) is 2.95. The lowest BCUT2D eigenvalue weighted by molar-refractivity contribution is -0.134. The van der Waals surface area contributed by atoms with Crippen molar-refractivity contribution in [1.29, 1.82) is 0 Å². The zero-order valence-electron chi connectivity index (χ0n) is 25.6. The number of hydrogen-bond donors (Lipinski definition) is 1. The maximum atomic E-state index is 13.6. The largest absolute Gasteiger partial charge is 0.303 e. The quantitative estimate of drug-likeness (QED) is 0.219. The summed E-state index contributed by atoms with van der Waals surface area (Å²) in [5.74, 6) is 0.672. The van der Waals surface area contributed by atoms with Crippen LogP contribution in [0.2, 0.25) is 0 Å². The summed E-state index contributed by atoms with van der Waals surface area (Å²) in [6, 6.07) is 4.14. The highest BCUT2D eigenvalue weighted by molar-refractivity contribution is 7.86. The van der Waals surface area contributed by atoms with Crippen molar-refractivity contribution >= 4 is 28.0 Å².